The molecule has 0 aliphatic carbocycles. The van der Waals surface area contributed by atoms with Gasteiger partial charge < -0.3 is 5.11 Å². The largest absolute Gasteiger partial charge is 0.392 e. The number of aliphatic hydroxyl groups is 1. The summed E-state index contributed by atoms with van der Waals surface area (Å²) in [7, 11) is 0. The van der Waals surface area contributed by atoms with Crippen molar-refractivity contribution in [2.75, 3.05) is 0 Å². The van der Waals surface area contributed by atoms with Crippen molar-refractivity contribution in [1.29, 1.82) is 0 Å². The van der Waals surface area contributed by atoms with Crippen LogP contribution in [0.4, 0.5) is 0 Å². The summed E-state index contributed by atoms with van der Waals surface area (Å²) in [6, 6.07) is 8.01. The zero-order chi connectivity index (χ0) is 17.6. The second-order valence-corrected chi connectivity index (χ2v) is 6.81. The number of aromatic nitrogens is 2. The van der Waals surface area contributed by atoms with Crippen LogP contribution in [0.15, 0.2) is 35.3 Å². The Balaban J connectivity index is 0.000000238. The van der Waals surface area contributed by atoms with Gasteiger partial charge >= 0.3 is 0 Å². The van der Waals surface area contributed by atoms with Gasteiger partial charge in [-0.05, 0) is 38.3 Å². The normalized spacial score (nSPS) is 10.9. The van der Waals surface area contributed by atoms with Gasteiger partial charge in [0.25, 0.3) is 5.56 Å². The Hall–Kier alpha value is -1.36. The van der Waals surface area contributed by atoms with Gasteiger partial charge in [0.15, 0.2) is 0 Å². The van der Waals surface area contributed by atoms with E-state index < -0.39 is 0 Å². The monoisotopic (exact) mass is 356 g/mol. The molecule has 0 aliphatic heterocycles. The number of rotatable bonds is 2. The van der Waals surface area contributed by atoms with Crippen molar-refractivity contribution in [2.45, 2.75) is 46.3 Å². The summed E-state index contributed by atoms with van der Waals surface area (Å²) in [5.74, 6) is 0. The summed E-state index contributed by atoms with van der Waals surface area (Å²) >= 11 is 11.3. The molecule has 6 heteroatoms. The Bertz CT molecular complexity index is 666. The van der Waals surface area contributed by atoms with E-state index in [-0.39, 0.29) is 27.8 Å². The summed E-state index contributed by atoms with van der Waals surface area (Å²) in [6.45, 7) is 7.86. The first-order valence-electron chi connectivity index (χ1n) is 7.33. The van der Waals surface area contributed by atoms with Gasteiger partial charge in [-0.1, -0.05) is 54.4 Å². The average Bonchev–Trinajstić information content (AvgIpc) is 2.52. The molecule has 0 saturated heterocycles. The van der Waals surface area contributed by atoms with Crippen molar-refractivity contribution >= 4 is 23.2 Å². The summed E-state index contributed by atoms with van der Waals surface area (Å²) in [6.07, 6.45) is 2.43. The molecule has 0 radical (unpaired) electrons. The first kappa shape index (κ1) is 19.7. The van der Waals surface area contributed by atoms with E-state index in [1.807, 2.05) is 45.0 Å². The molecule has 0 fully saturated rings. The maximum Gasteiger partial charge on any atom is 0.287 e. The van der Waals surface area contributed by atoms with E-state index in [1.54, 1.807) is 0 Å². The molecule has 1 aromatic carbocycles. The minimum Gasteiger partial charge on any atom is -0.392 e. The van der Waals surface area contributed by atoms with Gasteiger partial charge in [0.1, 0.15) is 5.02 Å². The zero-order valence-corrected chi connectivity index (χ0v) is 15.3. The molecular weight excluding hydrogens is 335 g/mol. The molecule has 4 nitrogen and oxygen atoms in total. The molecule has 0 atom stereocenters. The van der Waals surface area contributed by atoms with Crippen LogP contribution in [0.3, 0.4) is 0 Å². The zero-order valence-electron chi connectivity index (χ0n) is 13.8. The Morgan fingerprint density at radius 2 is 1.65 bits per heavy atom. The maximum atomic E-state index is 11.5. The lowest BCUT2D eigenvalue weighted by atomic mass is 10.1. The average molecular weight is 357 g/mol. The lowest BCUT2D eigenvalue weighted by molar-refractivity contribution is 0.282. The highest BCUT2D eigenvalue weighted by molar-refractivity contribution is 6.41. The molecule has 0 unspecified atom stereocenters. The molecule has 0 bridgehead atoms. The molecule has 0 spiro atoms. The minimum absolute atomic E-state index is 0.0200. The fourth-order valence-electron chi connectivity index (χ4n) is 1.77. The predicted octanol–water partition coefficient (Wildman–Crippen LogP) is 4.05. The number of benzene rings is 1. The third kappa shape index (κ3) is 5.65. The van der Waals surface area contributed by atoms with Gasteiger partial charge in [0, 0.05) is 0 Å². The summed E-state index contributed by atoms with van der Waals surface area (Å²) in [5.41, 5.74) is 1.56. The second-order valence-electron chi connectivity index (χ2n) is 6.02. The van der Waals surface area contributed by atoms with Crippen LogP contribution in [0.5, 0.6) is 0 Å². The van der Waals surface area contributed by atoms with Crippen LogP contribution < -0.4 is 5.56 Å². The molecule has 2 aromatic rings. The highest BCUT2D eigenvalue weighted by Crippen LogP contribution is 2.17. The van der Waals surface area contributed by atoms with E-state index in [9.17, 15) is 4.79 Å². The Morgan fingerprint density at radius 1 is 1.13 bits per heavy atom. The van der Waals surface area contributed by atoms with Crippen molar-refractivity contribution in [3.8, 4) is 0 Å². The molecule has 0 saturated carbocycles. The Morgan fingerprint density at radius 3 is 2.09 bits per heavy atom. The van der Waals surface area contributed by atoms with Gasteiger partial charge in [0.2, 0.25) is 0 Å². The Kier molecular flexibility index (Phi) is 7.26. The third-order valence-electron chi connectivity index (χ3n) is 3.13. The number of hydrogen-bond donors (Lipinski definition) is 1. The molecule has 1 heterocycles. The lowest BCUT2D eigenvalue weighted by Crippen LogP contribution is -2.36. The van der Waals surface area contributed by atoms with Gasteiger partial charge in [-0.3, -0.25) is 4.79 Å². The number of halogens is 2. The summed E-state index contributed by atoms with van der Waals surface area (Å²) in [5, 5.41) is 12.8. The van der Waals surface area contributed by atoms with Gasteiger partial charge in [-0.25, -0.2) is 4.68 Å². The van der Waals surface area contributed by atoms with Crippen LogP contribution >= 0.6 is 23.2 Å². The molecule has 0 aliphatic rings. The van der Waals surface area contributed by atoms with E-state index in [4.69, 9.17) is 28.3 Å². The molecule has 2 rings (SSSR count). The minimum atomic E-state index is -0.384. The van der Waals surface area contributed by atoms with E-state index in [2.05, 4.69) is 12.0 Å². The van der Waals surface area contributed by atoms with Crippen molar-refractivity contribution in [2.24, 2.45) is 0 Å². The quantitative estimate of drug-likeness (QED) is 0.882. The molecule has 126 valence electrons. The number of hydrogen-bond acceptors (Lipinski definition) is 3. The van der Waals surface area contributed by atoms with Crippen LogP contribution in [0, 0.1) is 0 Å². The Labute approximate surface area is 146 Å². The van der Waals surface area contributed by atoms with Crippen LogP contribution in [-0.2, 0) is 18.6 Å². The SMILES string of the molecule is CC(C)(C)n1ncc(Cl)c(Cl)c1=O.CCc1ccc(CO)cc1. The number of aliphatic hydroxyl groups excluding tert-OH is 1. The highest BCUT2D eigenvalue weighted by Gasteiger charge is 2.18. The van der Waals surface area contributed by atoms with Crippen molar-refractivity contribution in [3.05, 3.63) is 62.0 Å². The van der Waals surface area contributed by atoms with Crippen molar-refractivity contribution in [1.82, 2.24) is 9.78 Å². The lowest BCUT2D eigenvalue weighted by Gasteiger charge is -2.20. The highest BCUT2D eigenvalue weighted by atomic mass is 35.5. The van der Waals surface area contributed by atoms with E-state index in [0.717, 1.165) is 12.0 Å². The number of aryl methyl sites for hydroxylation is 1. The first-order valence-corrected chi connectivity index (χ1v) is 8.08. The molecule has 0 amide bonds. The van der Waals surface area contributed by atoms with Crippen molar-refractivity contribution < 1.29 is 5.11 Å². The molecule has 23 heavy (non-hydrogen) atoms. The predicted molar refractivity (Wildman–Crippen MR) is 95.3 cm³/mol. The first-order chi connectivity index (χ1) is 10.7. The van der Waals surface area contributed by atoms with Crippen LogP contribution in [0.2, 0.25) is 10.0 Å². The van der Waals surface area contributed by atoms with Crippen LogP contribution in [-0.4, -0.2) is 14.9 Å². The standard InChI is InChI=1S/C9H12O.C8H10Cl2N2O/c1-2-8-3-5-9(7-10)6-4-8;1-8(2,3)12-7(13)6(10)5(9)4-11-12/h3-6,10H,2,7H2,1H3;4H,1-3H3. The summed E-state index contributed by atoms with van der Waals surface area (Å²) in [4.78, 5) is 11.5. The topological polar surface area (TPSA) is 55.1 Å². The third-order valence-corrected chi connectivity index (χ3v) is 3.87. The van der Waals surface area contributed by atoms with E-state index in [0.29, 0.717) is 0 Å². The van der Waals surface area contributed by atoms with Gasteiger partial charge in [0.05, 0.1) is 23.4 Å². The fraction of sp³-hybridized carbons (Fsp3) is 0.412. The summed E-state index contributed by atoms with van der Waals surface area (Å²) < 4.78 is 1.31. The van der Waals surface area contributed by atoms with Gasteiger partial charge in [-0.15, -0.1) is 0 Å². The molecule has 1 aromatic heterocycles. The number of nitrogens with zero attached hydrogens (tertiary/aromatic N) is 2. The fourth-order valence-corrected chi connectivity index (χ4v) is 2.02. The molecule has 1 N–H and O–H groups in total. The van der Waals surface area contributed by atoms with Crippen molar-refractivity contribution in [3.63, 3.8) is 0 Å². The second kappa shape index (κ2) is 8.48. The maximum absolute atomic E-state index is 11.5. The van der Waals surface area contributed by atoms with E-state index in [1.165, 1.54) is 16.4 Å². The van der Waals surface area contributed by atoms with Crippen LogP contribution in [0.1, 0.15) is 38.8 Å². The van der Waals surface area contributed by atoms with E-state index >= 15 is 0 Å². The smallest absolute Gasteiger partial charge is 0.287 e. The van der Waals surface area contributed by atoms with Crippen LogP contribution in [0.25, 0.3) is 0 Å². The van der Waals surface area contributed by atoms with Gasteiger partial charge in [-0.2, -0.15) is 5.10 Å². The molecular formula is C17H22Cl2N2O2.